The molecule has 2 heterocycles. The number of nitrogens with zero attached hydrogens (tertiary/aromatic N) is 2. The normalized spacial score (nSPS) is 17.0. The van der Waals surface area contributed by atoms with Gasteiger partial charge in [0.15, 0.2) is 11.5 Å². The van der Waals surface area contributed by atoms with Gasteiger partial charge < -0.3 is 19.1 Å². The van der Waals surface area contributed by atoms with Crippen LogP contribution < -0.4 is 9.47 Å². The molecule has 0 atom stereocenters. The van der Waals surface area contributed by atoms with Crippen molar-refractivity contribution in [2.45, 2.75) is 13.5 Å². The number of fused-ring (bicyclic) bond motifs is 1. The Balaban J connectivity index is 0.00000176. The van der Waals surface area contributed by atoms with E-state index in [9.17, 15) is 4.79 Å². The molecule has 2 aliphatic rings. The fourth-order valence-corrected chi connectivity index (χ4v) is 2.60. The van der Waals surface area contributed by atoms with Crippen molar-refractivity contribution in [3.8, 4) is 11.5 Å². The highest BCUT2D eigenvalue weighted by Gasteiger charge is 2.22. The van der Waals surface area contributed by atoms with Crippen molar-refractivity contribution in [3.63, 3.8) is 0 Å². The summed E-state index contributed by atoms with van der Waals surface area (Å²) in [5.41, 5.74) is 1.20. The van der Waals surface area contributed by atoms with E-state index in [1.54, 1.807) is 4.90 Å². The minimum atomic E-state index is -0.208. The van der Waals surface area contributed by atoms with E-state index >= 15 is 0 Å². The number of amides is 1. The maximum atomic E-state index is 11.6. The van der Waals surface area contributed by atoms with Gasteiger partial charge in [0.1, 0.15) is 0 Å². The Labute approximate surface area is 136 Å². The summed E-state index contributed by atoms with van der Waals surface area (Å²) < 4.78 is 15.7. The second-order valence-corrected chi connectivity index (χ2v) is 5.15. The molecule has 0 aliphatic carbocycles. The van der Waals surface area contributed by atoms with Crippen LogP contribution in [0.5, 0.6) is 11.5 Å². The third-order valence-corrected chi connectivity index (χ3v) is 3.74. The summed E-state index contributed by atoms with van der Waals surface area (Å²) in [7, 11) is 0. The first kappa shape index (κ1) is 16.7. The number of benzene rings is 1. The van der Waals surface area contributed by atoms with Crippen LogP contribution in [0.15, 0.2) is 18.2 Å². The van der Waals surface area contributed by atoms with Crippen LogP contribution in [0.3, 0.4) is 0 Å². The molecule has 1 aromatic carbocycles. The van der Waals surface area contributed by atoms with Gasteiger partial charge in [-0.25, -0.2) is 4.79 Å². The van der Waals surface area contributed by atoms with Crippen molar-refractivity contribution in [3.05, 3.63) is 23.8 Å². The van der Waals surface area contributed by atoms with Crippen molar-refractivity contribution >= 4 is 18.5 Å². The van der Waals surface area contributed by atoms with E-state index in [0.29, 0.717) is 26.5 Å². The average Bonchev–Trinajstić information content (AvgIpc) is 2.96. The first-order valence-corrected chi connectivity index (χ1v) is 7.29. The van der Waals surface area contributed by atoms with Gasteiger partial charge in [-0.05, 0) is 24.6 Å². The molecule has 1 fully saturated rings. The number of halogens is 1. The molecular formula is C15H21ClN2O4. The molecule has 1 amide bonds. The second kappa shape index (κ2) is 7.56. The van der Waals surface area contributed by atoms with Gasteiger partial charge >= 0.3 is 6.09 Å². The molecule has 122 valence electrons. The van der Waals surface area contributed by atoms with Gasteiger partial charge in [-0.2, -0.15) is 0 Å². The van der Waals surface area contributed by atoms with Crippen molar-refractivity contribution in [1.29, 1.82) is 0 Å². The molecule has 6 nitrogen and oxygen atoms in total. The van der Waals surface area contributed by atoms with Crippen molar-refractivity contribution in [1.82, 2.24) is 9.80 Å². The predicted octanol–water partition coefficient (Wildman–Crippen LogP) is 2.11. The van der Waals surface area contributed by atoms with E-state index < -0.39 is 0 Å². The van der Waals surface area contributed by atoms with Gasteiger partial charge in [-0.1, -0.05) is 6.07 Å². The van der Waals surface area contributed by atoms with Crippen LogP contribution in [0.4, 0.5) is 4.79 Å². The van der Waals surface area contributed by atoms with E-state index in [-0.39, 0.29) is 18.5 Å². The van der Waals surface area contributed by atoms with E-state index in [2.05, 4.69) is 11.0 Å². The fourth-order valence-electron chi connectivity index (χ4n) is 2.60. The summed E-state index contributed by atoms with van der Waals surface area (Å²) in [5.74, 6) is 1.63. The van der Waals surface area contributed by atoms with Gasteiger partial charge in [-0.3, -0.25) is 4.90 Å². The van der Waals surface area contributed by atoms with Gasteiger partial charge in [0.25, 0.3) is 0 Å². The Morgan fingerprint density at radius 2 is 1.91 bits per heavy atom. The quantitative estimate of drug-likeness (QED) is 0.850. The lowest BCUT2D eigenvalue weighted by atomic mass is 10.1. The molecule has 1 saturated heterocycles. The third kappa shape index (κ3) is 3.75. The van der Waals surface area contributed by atoms with Crippen molar-refractivity contribution < 1.29 is 19.0 Å². The Morgan fingerprint density at radius 1 is 1.18 bits per heavy atom. The topological polar surface area (TPSA) is 51.2 Å². The summed E-state index contributed by atoms with van der Waals surface area (Å²) in [6, 6.07) is 6.04. The van der Waals surface area contributed by atoms with Crippen LogP contribution in [-0.4, -0.2) is 55.5 Å². The second-order valence-electron chi connectivity index (χ2n) is 5.15. The molecule has 0 aromatic heterocycles. The summed E-state index contributed by atoms with van der Waals surface area (Å²) in [6.07, 6.45) is -0.208. The van der Waals surface area contributed by atoms with E-state index in [1.807, 2.05) is 19.1 Å². The largest absolute Gasteiger partial charge is 0.454 e. The zero-order valence-electron chi connectivity index (χ0n) is 12.6. The van der Waals surface area contributed by atoms with Crippen LogP contribution in [0.2, 0.25) is 0 Å². The third-order valence-electron chi connectivity index (χ3n) is 3.74. The minimum Gasteiger partial charge on any atom is -0.454 e. The zero-order chi connectivity index (χ0) is 14.7. The van der Waals surface area contributed by atoms with Crippen molar-refractivity contribution in [2.24, 2.45) is 0 Å². The molecule has 0 spiro atoms. The average molecular weight is 329 g/mol. The molecule has 2 aliphatic heterocycles. The van der Waals surface area contributed by atoms with Gasteiger partial charge in [0.2, 0.25) is 6.79 Å². The van der Waals surface area contributed by atoms with Crippen LogP contribution in [0.1, 0.15) is 12.5 Å². The Hall–Kier alpha value is -1.66. The van der Waals surface area contributed by atoms with Crippen LogP contribution in [-0.2, 0) is 11.3 Å². The summed E-state index contributed by atoms with van der Waals surface area (Å²) in [5, 5.41) is 0. The van der Waals surface area contributed by atoms with Crippen LogP contribution >= 0.6 is 12.4 Å². The van der Waals surface area contributed by atoms with Gasteiger partial charge in [-0.15, -0.1) is 12.4 Å². The first-order chi connectivity index (χ1) is 10.3. The summed E-state index contributed by atoms with van der Waals surface area (Å²) in [4.78, 5) is 15.7. The number of carbonyl (C=O) groups excluding carboxylic acids is 1. The molecule has 0 bridgehead atoms. The number of piperazine rings is 1. The molecule has 1 aromatic rings. The lowest BCUT2D eigenvalue weighted by Crippen LogP contribution is -2.48. The SMILES string of the molecule is CCOC(=O)N1CCN(Cc2ccc3c(c2)OCO3)CC1.Cl. The van der Waals surface area contributed by atoms with Crippen molar-refractivity contribution in [2.75, 3.05) is 39.6 Å². The van der Waals surface area contributed by atoms with E-state index in [0.717, 1.165) is 31.1 Å². The molecule has 0 saturated carbocycles. The molecule has 0 N–H and O–H groups in total. The highest BCUT2D eigenvalue weighted by Crippen LogP contribution is 2.32. The maximum Gasteiger partial charge on any atom is 0.409 e. The monoisotopic (exact) mass is 328 g/mol. The smallest absolute Gasteiger partial charge is 0.409 e. The first-order valence-electron chi connectivity index (χ1n) is 7.29. The molecule has 0 radical (unpaired) electrons. The lowest BCUT2D eigenvalue weighted by Gasteiger charge is -2.34. The number of rotatable bonds is 3. The standard InChI is InChI=1S/C15H20N2O4.ClH/c1-2-19-15(18)17-7-5-16(6-8-17)10-12-3-4-13-14(9-12)21-11-20-13;/h3-4,9H,2,5-8,10-11H2,1H3;1H. The lowest BCUT2D eigenvalue weighted by molar-refractivity contribution is 0.0778. The Kier molecular flexibility index (Phi) is 5.74. The predicted molar refractivity (Wildman–Crippen MR) is 83.7 cm³/mol. The molecule has 22 heavy (non-hydrogen) atoms. The zero-order valence-corrected chi connectivity index (χ0v) is 13.4. The molecule has 7 heteroatoms. The van der Waals surface area contributed by atoms with Crippen LogP contribution in [0.25, 0.3) is 0 Å². The highest BCUT2D eigenvalue weighted by molar-refractivity contribution is 5.85. The highest BCUT2D eigenvalue weighted by atomic mass is 35.5. The maximum absolute atomic E-state index is 11.6. The number of ether oxygens (including phenoxy) is 3. The molecular weight excluding hydrogens is 308 g/mol. The number of carbonyl (C=O) groups is 1. The van der Waals surface area contributed by atoms with Crippen LogP contribution in [0, 0.1) is 0 Å². The van der Waals surface area contributed by atoms with E-state index in [1.165, 1.54) is 5.56 Å². The fraction of sp³-hybridized carbons (Fsp3) is 0.533. The minimum absolute atomic E-state index is 0. The van der Waals surface area contributed by atoms with Gasteiger partial charge in [0, 0.05) is 32.7 Å². The Morgan fingerprint density at radius 3 is 2.64 bits per heavy atom. The molecule has 0 unspecified atom stereocenters. The summed E-state index contributed by atoms with van der Waals surface area (Å²) in [6.45, 7) is 6.54. The van der Waals surface area contributed by atoms with E-state index in [4.69, 9.17) is 14.2 Å². The summed E-state index contributed by atoms with van der Waals surface area (Å²) >= 11 is 0. The Bertz CT molecular complexity index is 518. The molecule has 3 rings (SSSR count). The number of hydrogen-bond acceptors (Lipinski definition) is 5. The van der Waals surface area contributed by atoms with Gasteiger partial charge in [0.05, 0.1) is 6.61 Å². The number of hydrogen-bond donors (Lipinski definition) is 0.